The number of hydrogen-bond acceptors (Lipinski definition) is 5. The van der Waals surface area contributed by atoms with Gasteiger partial charge in [0, 0.05) is 25.0 Å². The van der Waals surface area contributed by atoms with Gasteiger partial charge in [0.05, 0.1) is 19.3 Å². The second-order valence-electron chi connectivity index (χ2n) is 9.68. The van der Waals surface area contributed by atoms with Gasteiger partial charge in [0.2, 0.25) is 0 Å². The van der Waals surface area contributed by atoms with E-state index in [0.29, 0.717) is 26.2 Å². The Morgan fingerprint density at radius 3 is 2.49 bits per heavy atom. The fourth-order valence-corrected chi connectivity index (χ4v) is 5.23. The van der Waals surface area contributed by atoms with Crippen LogP contribution < -0.4 is 0 Å². The fraction of sp³-hybridized carbons (Fsp3) is 0.267. The van der Waals surface area contributed by atoms with Gasteiger partial charge in [-0.2, -0.15) is 15.4 Å². The van der Waals surface area contributed by atoms with Crippen molar-refractivity contribution >= 4 is 11.7 Å². The second kappa shape index (κ2) is 9.75. The molecule has 0 aliphatic carbocycles. The van der Waals surface area contributed by atoms with E-state index in [0.717, 1.165) is 57.8 Å². The van der Waals surface area contributed by atoms with E-state index in [2.05, 4.69) is 76.9 Å². The summed E-state index contributed by atoms with van der Waals surface area (Å²) in [6, 6.07) is 25.2. The summed E-state index contributed by atoms with van der Waals surface area (Å²) < 4.78 is 5.56. The summed E-state index contributed by atoms with van der Waals surface area (Å²) in [6.45, 7) is 3.61. The van der Waals surface area contributed by atoms with E-state index in [9.17, 15) is 4.79 Å². The van der Waals surface area contributed by atoms with Crippen molar-refractivity contribution in [3.63, 3.8) is 0 Å². The summed E-state index contributed by atoms with van der Waals surface area (Å²) in [5, 5.41) is 11.1. The van der Waals surface area contributed by atoms with Gasteiger partial charge in [-0.3, -0.25) is 14.7 Å². The third-order valence-electron chi connectivity index (χ3n) is 7.20. The molecular formula is C30H29N5O2. The first kappa shape index (κ1) is 23.3. The van der Waals surface area contributed by atoms with Crippen molar-refractivity contribution in [1.82, 2.24) is 20.3 Å². The van der Waals surface area contributed by atoms with E-state index in [1.807, 2.05) is 23.1 Å². The Morgan fingerprint density at radius 1 is 0.973 bits per heavy atom. The van der Waals surface area contributed by atoms with E-state index in [1.54, 1.807) is 6.20 Å². The van der Waals surface area contributed by atoms with Crippen LogP contribution in [-0.2, 0) is 16.1 Å². The molecule has 0 saturated carbocycles. The van der Waals surface area contributed by atoms with Gasteiger partial charge in [0.15, 0.2) is 5.54 Å². The summed E-state index contributed by atoms with van der Waals surface area (Å²) in [6.07, 6.45) is 4.14. The molecule has 2 aliphatic rings. The zero-order valence-electron chi connectivity index (χ0n) is 20.9. The summed E-state index contributed by atoms with van der Waals surface area (Å²) in [5.74, 6) is 0.951. The minimum atomic E-state index is -0.713. The number of H-pyrrole nitrogens is 1. The highest BCUT2D eigenvalue weighted by Crippen LogP contribution is 2.36. The lowest BCUT2D eigenvalue weighted by atomic mass is 9.93. The van der Waals surface area contributed by atoms with Crippen LogP contribution in [0.4, 0.5) is 0 Å². The van der Waals surface area contributed by atoms with Gasteiger partial charge < -0.3 is 4.74 Å². The lowest BCUT2D eigenvalue weighted by molar-refractivity contribution is -0.131. The molecule has 1 aromatic heterocycles. The second-order valence-corrected chi connectivity index (χ2v) is 9.68. The number of amidine groups is 1. The van der Waals surface area contributed by atoms with Crippen LogP contribution in [0.25, 0.3) is 33.5 Å². The summed E-state index contributed by atoms with van der Waals surface area (Å²) >= 11 is 0. The van der Waals surface area contributed by atoms with Gasteiger partial charge in [-0.05, 0) is 40.3 Å². The zero-order chi connectivity index (χ0) is 25.2. The Kier molecular flexibility index (Phi) is 6.14. The molecule has 37 heavy (non-hydrogen) atoms. The number of amides is 1. The molecule has 1 saturated heterocycles. The van der Waals surface area contributed by atoms with Crippen molar-refractivity contribution in [2.75, 3.05) is 13.2 Å². The van der Waals surface area contributed by atoms with Crippen molar-refractivity contribution in [3.8, 4) is 33.5 Å². The number of rotatable bonds is 7. The van der Waals surface area contributed by atoms with Crippen LogP contribution in [0, 0.1) is 0 Å². The van der Waals surface area contributed by atoms with Crippen LogP contribution in [0.2, 0.25) is 0 Å². The van der Waals surface area contributed by atoms with E-state index in [-0.39, 0.29) is 5.91 Å². The molecule has 1 amide bonds. The highest BCUT2D eigenvalue weighted by atomic mass is 16.5. The molecule has 0 radical (unpaired) electrons. The van der Waals surface area contributed by atoms with Crippen molar-refractivity contribution in [2.24, 2.45) is 4.99 Å². The van der Waals surface area contributed by atoms with Crippen LogP contribution in [0.5, 0.6) is 0 Å². The molecule has 3 heterocycles. The molecule has 2 aliphatic heterocycles. The number of ether oxygens (including phenoxy) is 1. The Morgan fingerprint density at radius 2 is 1.78 bits per heavy atom. The van der Waals surface area contributed by atoms with E-state index in [1.165, 1.54) is 0 Å². The van der Waals surface area contributed by atoms with E-state index in [4.69, 9.17) is 9.73 Å². The number of nitrogens with one attached hydrogen (secondary N) is 1. The lowest BCUT2D eigenvalue weighted by Crippen LogP contribution is -2.42. The van der Waals surface area contributed by atoms with Gasteiger partial charge in [-0.15, -0.1) is 0 Å². The summed E-state index contributed by atoms with van der Waals surface area (Å²) in [7, 11) is 0. The number of nitrogens with zero attached hydrogens (tertiary/aromatic N) is 4. The third kappa shape index (κ3) is 4.36. The number of benzene rings is 3. The number of aromatic amines is 1. The smallest absolute Gasteiger partial charge is 0.258 e. The van der Waals surface area contributed by atoms with E-state index < -0.39 is 5.54 Å². The molecule has 0 bridgehead atoms. The molecule has 3 aromatic carbocycles. The first-order valence-electron chi connectivity index (χ1n) is 12.8. The van der Waals surface area contributed by atoms with Crippen molar-refractivity contribution in [1.29, 1.82) is 0 Å². The van der Waals surface area contributed by atoms with Crippen molar-refractivity contribution in [3.05, 3.63) is 84.6 Å². The SMILES string of the molecule is CCCC1=NC2(CCOC2)C(=O)N1Cc1ccc(-c2cc(-c3ccccc3)ccc2-c2cn[nH]n2)cc1. The molecule has 6 rings (SSSR count). The maximum absolute atomic E-state index is 13.4. The van der Waals surface area contributed by atoms with Gasteiger partial charge in [-0.1, -0.05) is 73.7 Å². The molecule has 1 atom stereocenters. The zero-order valence-corrected chi connectivity index (χ0v) is 20.9. The average molecular weight is 492 g/mol. The molecule has 186 valence electrons. The van der Waals surface area contributed by atoms with Gasteiger partial charge >= 0.3 is 0 Å². The average Bonchev–Trinajstić information content (AvgIpc) is 3.69. The highest BCUT2D eigenvalue weighted by molar-refractivity contribution is 6.08. The fourth-order valence-electron chi connectivity index (χ4n) is 5.23. The number of carbonyl (C=O) groups excluding carboxylic acids is 1. The van der Waals surface area contributed by atoms with Gasteiger partial charge in [0.25, 0.3) is 5.91 Å². The van der Waals surface area contributed by atoms with Crippen LogP contribution in [0.1, 0.15) is 31.7 Å². The number of aliphatic imine (C=N–C) groups is 1. The maximum Gasteiger partial charge on any atom is 0.258 e. The van der Waals surface area contributed by atoms with Crippen molar-refractivity contribution < 1.29 is 9.53 Å². The normalized spacial score (nSPS) is 19.1. The predicted molar refractivity (Wildman–Crippen MR) is 144 cm³/mol. The van der Waals surface area contributed by atoms with Crippen LogP contribution >= 0.6 is 0 Å². The number of hydrogen-bond donors (Lipinski definition) is 1. The molecule has 7 heteroatoms. The van der Waals surface area contributed by atoms with E-state index >= 15 is 0 Å². The maximum atomic E-state index is 13.4. The van der Waals surface area contributed by atoms with Crippen LogP contribution in [-0.4, -0.2) is 50.8 Å². The quantitative estimate of drug-likeness (QED) is 0.370. The Bertz CT molecular complexity index is 1420. The van der Waals surface area contributed by atoms with Crippen LogP contribution in [0.15, 0.2) is 84.0 Å². The largest absolute Gasteiger partial charge is 0.378 e. The Hall–Kier alpha value is -4.10. The molecule has 4 aromatic rings. The predicted octanol–water partition coefficient (Wildman–Crippen LogP) is 5.51. The monoisotopic (exact) mass is 491 g/mol. The Balaban J connectivity index is 1.31. The lowest BCUT2D eigenvalue weighted by Gasteiger charge is -2.22. The highest BCUT2D eigenvalue weighted by Gasteiger charge is 2.50. The molecule has 1 unspecified atom stereocenters. The van der Waals surface area contributed by atoms with Crippen LogP contribution in [0.3, 0.4) is 0 Å². The third-order valence-corrected chi connectivity index (χ3v) is 7.20. The van der Waals surface area contributed by atoms with Gasteiger partial charge in [-0.25, -0.2) is 0 Å². The molecule has 1 spiro atoms. The minimum absolute atomic E-state index is 0.0707. The van der Waals surface area contributed by atoms with Gasteiger partial charge in [0.1, 0.15) is 11.5 Å². The first-order chi connectivity index (χ1) is 18.2. The molecular weight excluding hydrogens is 462 g/mol. The summed E-state index contributed by atoms with van der Waals surface area (Å²) in [4.78, 5) is 20.1. The standard InChI is InChI=1S/C30H29N5O2/c1-2-6-28-32-30(15-16-37-20-30)29(36)35(28)19-21-9-11-23(12-10-21)26-17-24(22-7-4-3-5-8-22)13-14-25(26)27-18-31-34-33-27/h3-5,7-14,17-18H,2,6,15-16,19-20H2,1H3,(H,31,33,34). The number of carbonyl (C=O) groups is 1. The first-order valence-corrected chi connectivity index (χ1v) is 12.8. The number of aromatic nitrogens is 3. The topological polar surface area (TPSA) is 83.5 Å². The Labute approximate surface area is 216 Å². The minimum Gasteiger partial charge on any atom is -0.378 e. The molecule has 1 fully saturated rings. The summed E-state index contributed by atoms with van der Waals surface area (Å²) in [5.41, 5.74) is 6.62. The molecule has 1 N–H and O–H groups in total. The van der Waals surface area contributed by atoms with Crippen molar-refractivity contribution in [2.45, 2.75) is 38.3 Å². The molecule has 7 nitrogen and oxygen atoms in total.